The van der Waals surface area contributed by atoms with Crippen LogP contribution in [0.4, 0.5) is 0 Å². The Balaban J connectivity index is -0.0000000675. The van der Waals surface area contributed by atoms with Crippen molar-refractivity contribution >= 4 is 11.9 Å². The van der Waals surface area contributed by atoms with E-state index in [9.17, 15) is 9.59 Å². The number of hydrogen-bond donors (Lipinski definition) is 4. The first kappa shape index (κ1) is 29.3. The number of carbonyl (C=O) groups is 2. The molecule has 0 aliphatic carbocycles. The number of carboxylic acids is 2. The van der Waals surface area contributed by atoms with Gasteiger partial charge in [-0.3, -0.25) is 0 Å². The van der Waals surface area contributed by atoms with Gasteiger partial charge in [-0.05, 0) is 0 Å². The topological polar surface area (TPSA) is 175 Å². The number of aliphatic carboxylic acids is 2. The third-order valence-electron chi connectivity index (χ3n) is 0.805. The van der Waals surface area contributed by atoms with Gasteiger partial charge in [-0.1, -0.05) is 0 Å². The Labute approximate surface area is 113 Å². The smallest absolute Gasteiger partial charge is 0.870 e. The molecule has 0 aliphatic heterocycles. The van der Waals surface area contributed by atoms with E-state index in [1.54, 1.807) is 0 Å². The zero-order valence-corrected chi connectivity index (χ0v) is 9.65. The fourth-order valence-corrected chi connectivity index (χ4v) is 0.270. The monoisotopic (exact) mass is 214 g/mol. The maximum Gasteiger partial charge on any atom is 1.00 e. The van der Waals surface area contributed by atoms with E-state index in [2.05, 4.69) is 0 Å². The van der Waals surface area contributed by atoms with Crippen LogP contribution in [0.2, 0.25) is 0 Å². The van der Waals surface area contributed by atoms with Gasteiger partial charge in [0, 0.05) is 0 Å². The molecule has 0 amide bonds. The third-order valence-corrected chi connectivity index (χ3v) is 0.805. The van der Waals surface area contributed by atoms with E-state index in [1.807, 2.05) is 0 Å². The zero-order valence-electron chi connectivity index (χ0n) is 7.65. The summed E-state index contributed by atoms with van der Waals surface area (Å²) < 4.78 is 0. The number of carboxylic acid groups (broad SMARTS) is 2. The minimum Gasteiger partial charge on any atom is -0.870 e. The second kappa shape index (κ2) is 13.4. The second-order valence-corrected chi connectivity index (χ2v) is 1.57. The molecule has 2 atom stereocenters. The van der Waals surface area contributed by atoms with Gasteiger partial charge >= 0.3 is 60.4 Å². The second-order valence-electron chi connectivity index (χ2n) is 1.57. The standard InChI is InChI=1S/C4H6O6.Li.Na.2H2O/c5-1(3(7)8)2(6)4(9)10;;;;/h1-2,5-6H,(H,7,8)(H,9,10);;;2*1H2/q;2*+1;;/p-2. The maximum atomic E-state index is 9.77. The van der Waals surface area contributed by atoms with Crippen LogP contribution in [0.5, 0.6) is 0 Å². The normalized spacial score (nSPS) is 11.3. The van der Waals surface area contributed by atoms with Crippen molar-refractivity contribution in [3.05, 3.63) is 0 Å². The Morgan fingerprint density at radius 1 is 0.857 bits per heavy atom. The molecule has 0 aliphatic rings. The first-order chi connectivity index (χ1) is 4.46. The number of aliphatic hydroxyl groups excluding tert-OH is 2. The van der Waals surface area contributed by atoms with Gasteiger partial charge in [0.2, 0.25) is 0 Å². The van der Waals surface area contributed by atoms with Crippen molar-refractivity contribution in [3.8, 4) is 0 Å². The summed E-state index contributed by atoms with van der Waals surface area (Å²) in [5.41, 5.74) is 0. The van der Waals surface area contributed by atoms with Gasteiger partial charge in [0.25, 0.3) is 0 Å². The van der Waals surface area contributed by atoms with E-state index in [4.69, 9.17) is 20.4 Å². The van der Waals surface area contributed by atoms with Crippen LogP contribution in [0.15, 0.2) is 0 Å². The number of hydrogen-bond acceptors (Lipinski definition) is 6. The Morgan fingerprint density at radius 3 is 1.07 bits per heavy atom. The number of aliphatic hydroxyl groups is 2. The molecule has 0 saturated carbocycles. The Hall–Kier alpha value is 0.377. The molecule has 0 aromatic carbocycles. The van der Waals surface area contributed by atoms with Crippen molar-refractivity contribution in [1.29, 1.82) is 0 Å². The fourth-order valence-electron chi connectivity index (χ4n) is 0.270. The molecule has 14 heavy (non-hydrogen) atoms. The van der Waals surface area contributed by atoms with E-state index in [0.29, 0.717) is 0 Å². The summed E-state index contributed by atoms with van der Waals surface area (Å²) in [6.45, 7) is 0. The minimum absolute atomic E-state index is 0. The van der Waals surface area contributed by atoms with Crippen LogP contribution in [0.25, 0.3) is 0 Å². The first-order valence-corrected chi connectivity index (χ1v) is 2.28. The summed E-state index contributed by atoms with van der Waals surface area (Å²) in [5, 5.41) is 32.5. The minimum atomic E-state index is -2.27. The van der Waals surface area contributed by atoms with Crippen LogP contribution in [0, 0.1) is 0 Å². The first-order valence-electron chi connectivity index (χ1n) is 2.28. The molecule has 0 radical (unpaired) electrons. The van der Waals surface area contributed by atoms with E-state index in [1.165, 1.54) is 0 Å². The van der Waals surface area contributed by atoms with Crippen molar-refractivity contribution in [2.24, 2.45) is 0 Å². The molecule has 0 fully saturated rings. The van der Waals surface area contributed by atoms with Crippen LogP contribution < -0.4 is 48.4 Å². The van der Waals surface area contributed by atoms with Gasteiger partial charge in [0.05, 0.1) is 0 Å². The summed E-state index contributed by atoms with van der Waals surface area (Å²) in [6, 6.07) is 0. The predicted octanol–water partition coefficient (Wildman–Crippen LogP) is -8.47. The molecule has 8 nitrogen and oxygen atoms in total. The Kier molecular flexibility index (Phi) is 28.0. The molecule has 0 saturated heterocycles. The zero-order chi connectivity index (χ0) is 8.31. The summed E-state index contributed by atoms with van der Waals surface area (Å²) in [4.78, 5) is 19.5. The molecule has 0 bridgehead atoms. The van der Waals surface area contributed by atoms with Gasteiger partial charge < -0.3 is 31.4 Å². The summed E-state index contributed by atoms with van der Waals surface area (Å²) in [7, 11) is 0. The van der Waals surface area contributed by atoms with E-state index >= 15 is 0 Å². The van der Waals surface area contributed by atoms with Gasteiger partial charge in [0.15, 0.2) is 12.2 Å². The molecule has 0 aromatic heterocycles. The van der Waals surface area contributed by atoms with Crippen molar-refractivity contribution < 1.29 is 89.4 Å². The largest absolute Gasteiger partial charge is 1.00 e. The number of rotatable bonds is 3. The molecular formula is C4H8LiNaO8. The van der Waals surface area contributed by atoms with E-state index in [0.717, 1.165) is 0 Å². The van der Waals surface area contributed by atoms with Crippen LogP contribution >= 0.6 is 0 Å². The molecule has 10 heteroatoms. The van der Waals surface area contributed by atoms with Crippen LogP contribution in [-0.2, 0) is 9.59 Å². The Bertz CT molecular complexity index is 145. The summed E-state index contributed by atoms with van der Waals surface area (Å²) in [6.07, 6.45) is -4.53. The molecule has 6 N–H and O–H groups in total. The van der Waals surface area contributed by atoms with Crippen LogP contribution in [0.3, 0.4) is 0 Å². The summed E-state index contributed by atoms with van der Waals surface area (Å²) in [5.74, 6) is -3.54. The van der Waals surface area contributed by atoms with Crippen molar-refractivity contribution in [1.82, 2.24) is 0 Å². The van der Waals surface area contributed by atoms with Crippen molar-refractivity contribution in [3.63, 3.8) is 0 Å². The van der Waals surface area contributed by atoms with Gasteiger partial charge in [-0.25, -0.2) is 9.59 Å². The molecule has 2 unspecified atom stereocenters. The molecule has 0 rings (SSSR count). The fraction of sp³-hybridized carbons (Fsp3) is 0.500. The van der Waals surface area contributed by atoms with Gasteiger partial charge in [-0.15, -0.1) is 0 Å². The van der Waals surface area contributed by atoms with Crippen LogP contribution in [0.1, 0.15) is 0 Å². The summed E-state index contributed by atoms with van der Waals surface area (Å²) >= 11 is 0. The average Bonchev–Trinajstić information content (AvgIpc) is 1.84. The third kappa shape index (κ3) is 10.5. The Morgan fingerprint density at radius 2 is 1.00 bits per heavy atom. The van der Waals surface area contributed by atoms with Gasteiger partial charge in [-0.2, -0.15) is 0 Å². The maximum absolute atomic E-state index is 9.77. The van der Waals surface area contributed by atoms with E-state index < -0.39 is 24.1 Å². The quantitative estimate of drug-likeness (QED) is 0.334. The predicted molar refractivity (Wildman–Crippen MR) is 31.2 cm³/mol. The molecule has 74 valence electrons. The van der Waals surface area contributed by atoms with Crippen molar-refractivity contribution in [2.75, 3.05) is 0 Å². The molecule has 0 aromatic rings. The molecule has 0 heterocycles. The van der Waals surface area contributed by atoms with Crippen LogP contribution in [-0.4, -0.2) is 55.5 Å². The molecular weight excluding hydrogens is 206 g/mol. The molecule has 0 spiro atoms. The van der Waals surface area contributed by atoms with Gasteiger partial charge in [0.1, 0.15) is 0 Å². The average molecular weight is 214 g/mol. The van der Waals surface area contributed by atoms with Crippen molar-refractivity contribution in [2.45, 2.75) is 12.2 Å². The SMILES string of the molecule is O=C(O)C(O)C(O)C(=O)O.[Li+].[Na+].[OH-].[OH-]. The van der Waals surface area contributed by atoms with E-state index in [-0.39, 0.29) is 59.4 Å².